The first-order valence-electron chi connectivity index (χ1n) is 5.78. The van der Waals surface area contributed by atoms with Crippen LogP contribution in [0, 0.1) is 6.92 Å². The highest BCUT2D eigenvalue weighted by Crippen LogP contribution is 2.29. The molecule has 0 aromatic carbocycles. The zero-order valence-electron chi connectivity index (χ0n) is 10.4. The van der Waals surface area contributed by atoms with Gasteiger partial charge in [-0.25, -0.2) is 4.98 Å². The molecule has 0 amide bonds. The normalized spacial score (nSPS) is 22.9. The van der Waals surface area contributed by atoms with Gasteiger partial charge in [0.1, 0.15) is 4.47 Å². The Morgan fingerprint density at radius 2 is 2.35 bits per heavy atom. The third-order valence-electron chi connectivity index (χ3n) is 3.11. The molecule has 1 aromatic heterocycles. The van der Waals surface area contributed by atoms with E-state index in [4.69, 9.17) is 4.74 Å². The van der Waals surface area contributed by atoms with E-state index < -0.39 is 0 Å². The molecule has 2 heterocycles. The van der Waals surface area contributed by atoms with Gasteiger partial charge in [-0.05, 0) is 49.5 Å². The van der Waals surface area contributed by atoms with E-state index in [1.807, 2.05) is 6.92 Å². The Bertz CT molecular complexity index is 482. The molecule has 0 saturated carbocycles. The van der Waals surface area contributed by atoms with E-state index in [9.17, 15) is 4.79 Å². The highest BCUT2D eigenvalue weighted by Gasteiger charge is 2.31. The van der Waals surface area contributed by atoms with Crippen LogP contribution in [0.1, 0.15) is 32.4 Å². The largest absolute Gasteiger partial charge is 0.370 e. The molecule has 2 rings (SSSR count). The summed E-state index contributed by atoms with van der Waals surface area (Å²) in [4.78, 5) is 16.1. The van der Waals surface area contributed by atoms with Crippen LogP contribution in [0.25, 0.3) is 0 Å². The first kappa shape index (κ1) is 12.8. The number of ether oxygens (including phenoxy) is 1. The van der Waals surface area contributed by atoms with Gasteiger partial charge in [0.2, 0.25) is 0 Å². The van der Waals surface area contributed by atoms with Crippen LogP contribution in [0.2, 0.25) is 0 Å². The van der Waals surface area contributed by atoms with Gasteiger partial charge >= 0.3 is 0 Å². The van der Waals surface area contributed by atoms with Gasteiger partial charge in [0.25, 0.3) is 5.56 Å². The van der Waals surface area contributed by atoms with Crippen molar-refractivity contribution in [2.75, 3.05) is 0 Å². The first-order valence-corrected chi connectivity index (χ1v) is 6.58. The molecule has 94 valence electrons. The van der Waals surface area contributed by atoms with E-state index in [1.54, 1.807) is 10.9 Å². The minimum Gasteiger partial charge on any atom is -0.370 e. The maximum atomic E-state index is 12.0. The van der Waals surface area contributed by atoms with Crippen molar-refractivity contribution in [3.63, 3.8) is 0 Å². The number of halogens is 1. The van der Waals surface area contributed by atoms with Crippen LogP contribution in [0.5, 0.6) is 0 Å². The fraction of sp³-hybridized carbons (Fsp3) is 0.667. The second-order valence-electron chi connectivity index (χ2n) is 5.14. The van der Waals surface area contributed by atoms with Crippen molar-refractivity contribution in [2.24, 2.45) is 0 Å². The zero-order chi connectivity index (χ0) is 12.6. The third-order valence-corrected chi connectivity index (χ3v) is 4.02. The van der Waals surface area contributed by atoms with Crippen molar-refractivity contribution in [1.29, 1.82) is 0 Å². The van der Waals surface area contributed by atoms with Gasteiger partial charge in [0.15, 0.2) is 0 Å². The molecule has 1 aliphatic heterocycles. The summed E-state index contributed by atoms with van der Waals surface area (Å²) in [6.45, 7) is 6.55. The number of aromatic nitrogens is 2. The lowest BCUT2D eigenvalue weighted by atomic mass is 10.1. The summed E-state index contributed by atoms with van der Waals surface area (Å²) in [5, 5.41) is 0. The van der Waals surface area contributed by atoms with E-state index >= 15 is 0 Å². The monoisotopic (exact) mass is 300 g/mol. The molecular weight excluding hydrogens is 284 g/mol. The predicted octanol–water partition coefficient (Wildman–Crippen LogP) is 2.27. The lowest BCUT2D eigenvalue weighted by molar-refractivity contribution is -0.0221. The molecule has 1 aliphatic rings. The average Bonchev–Trinajstić information content (AvgIpc) is 2.59. The number of hydrogen-bond donors (Lipinski definition) is 0. The Labute approximate surface area is 109 Å². The van der Waals surface area contributed by atoms with Gasteiger partial charge in [-0.3, -0.25) is 9.36 Å². The number of hydrogen-bond acceptors (Lipinski definition) is 3. The Kier molecular flexibility index (Phi) is 3.41. The summed E-state index contributed by atoms with van der Waals surface area (Å²) in [6, 6.07) is 0. The first-order chi connectivity index (χ1) is 7.89. The SMILES string of the molecule is Cc1ncn(CC2CCC(C)(C)O2)c(=O)c1Br. The highest BCUT2D eigenvalue weighted by molar-refractivity contribution is 9.10. The average molecular weight is 301 g/mol. The third kappa shape index (κ3) is 2.77. The van der Waals surface area contributed by atoms with Gasteiger partial charge < -0.3 is 4.74 Å². The molecule has 0 aliphatic carbocycles. The lowest BCUT2D eigenvalue weighted by Crippen LogP contribution is -2.29. The molecule has 0 bridgehead atoms. The lowest BCUT2D eigenvalue weighted by Gasteiger charge is -2.19. The van der Waals surface area contributed by atoms with Crippen molar-refractivity contribution in [3.8, 4) is 0 Å². The van der Waals surface area contributed by atoms with Gasteiger partial charge in [0, 0.05) is 0 Å². The number of rotatable bonds is 2. The molecule has 0 radical (unpaired) electrons. The van der Waals surface area contributed by atoms with E-state index in [0.717, 1.165) is 18.5 Å². The van der Waals surface area contributed by atoms with Crippen molar-refractivity contribution in [3.05, 3.63) is 26.8 Å². The molecular formula is C12H17BrN2O2. The molecule has 17 heavy (non-hydrogen) atoms. The fourth-order valence-electron chi connectivity index (χ4n) is 2.10. The fourth-order valence-corrected chi connectivity index (χ4v) is 2.43. The summed E-state index contributed by atoms with van der Waals surface area (Å²) < 4.78 is 8.03. The smallest absolute Gasteiger partial charge is 0.267 e. The second kappa shape index (κ2) is 4.53. The Balaban J connectivity index is 2.16. The molecule has 0 N–H and O–H groups in total. The van der Waals surface area contributed by atoms with Crippen molar-refractivity contribution >= 4 is 15.9 Å². The predicted molar refractivity (Wildman–Crippen MR) is 69.1 cm³/mol. The topological polar surface area (TPSA) is 44.1 Å². The van der Waals surface area contributed by atoms with Crippen LogP contribution in [0.15, 0.2) is 15.6 Å². The van der Waals surface area contributed by atoms with Gasteiger partial charge in [-0.2, -0.15) is 0 Å². The van der Waals surface area contributed by atoms with E-state index in [1.165, 1.54) is 0 Å². The van der Waals surface area contributed by atoms with Crippen LogP contribution in [0.3, 0.4) is 0 Å². The Morgan fingerprint density at radius 3 is 2.94 bits per heavy atom. The van der Waals surface area contributed by atoms with Crippen LogP contribution in [0.4, 0.5) is 0 Å². The summed E-state index contributed by atoms with van der Waals surface area (Å²) in [5.41, 5.74) is 0.619. The van der Waals surface area contributed by atoms with Crippen molar-refractivity contribution in [1.82, 2.24) is 9.55 Å². The van der Waals surface area contributed by atoms with Crippen LogP contribution < -0.4 is 5.56 Å². The Morgan fingerprint density at radius 1 is 1.65 bits per heavy atom. The van der Waals surface area contributed by atoms with Crippen LogP contribution in [-0.4, -0.2) is 21.3 Å². The molecule has 1 aromatic rings. The maximum Gasteiger partial charge on any atom is 0.267 e. The van der Waals surface area contributed by atoms with E-state index in [0.29, 0.717) is 11.0 Å². The number of aryl methyl sites for hydroxylation is 1. The van der Waals surface area contributed by atoms with Crippen LogP contribution in [-0.2, 0) is 11.3 Å². The highest BCUT2D eigenvalue weighted by atomic mass is 79.9. The van der Waals surface area contributed by atoms with Gasteiger partial charge in [-0.1, -0.05) is 0 Å². The van der Waals surface area contributed by atoms with Gasteiger partial charge in [-0.15, -0.1) is 0 Å². The molecule has 5 heteroatoms. The molecule has 1 unspecified atom stereocenters. The Hall–Kier alpha value is -0.680. The molecule has 0 spiro atoms. The van der Waals surface area contributed by atoms with Crippen molar-refractivity contribution in [2.45, 2.75) is 51.9 Å². The van der Waals surface area contributed by atoms with E-state index in [-0.39, 0.29) is 17.3 Å². The number of nitrogens with zero attached hydrogens (tertiary/aromatic N) is 2. The minimum atomic E-state index is -0.0658. The quantitative estimate of drug-likeness (QED) is 0.841. The second-order valence-corrected chi connectivity index (χ2v) is 5.93. The molecule has 1 fully saturated rings. The summed E-state index contributed by atoms with van der Waals surface area (Å²) in [5.74, 6) is 0. The van der Waals surface area contributed by atoms with E-state index in [2.05, 4.69) is 34.8 Å². The summed E-state index contributed by atoms with van der Waals surface area (Å²) >= 11 is 3.27. The van der Waals surface area contributed by atoms with Crippen molar-refractivity contribution < 1.29 is 4.74 Å². The standard InChI is InChI=1S/C12H17BrN2O2/c1-8-10(13)11(16)15(7-14-8)6-9-4-5-12(2,3)17-9/h7,9H,4-6H2,1-3H3. The molecule has 1 saturated heterocycles. The molecule has 1 atom stereocenters. The van der Waals surface area contributed by atoms with Gasteiger partial charge in [0.05, 0.1) is 30.3 Å². The summed E-state index contributed by atoms with van der Waals surface area (Å²) in [7, 11) is 0. The van der Waals surface area contributed by atoms with Crippen LogP contribution >= 0.6 is 15.9 Å². The summed E-state index contributed by atoms with van der Waals surface area (Å²) in [6.07, 6.45) is 3.73. The maximum absolute atomic E-state index is 12.0. The molecule has 4 nitrogen and oxygen atoms in total. The minimum absolute atomic E-state index is 0.0363. The zero-order valence-corrected chi connectivity index (χ0v) is 12.0.